The maximum Gasteiger partial charge on any atom is 0.143 e. The van der Waals surface area contributed by atoms with E-state index in [1.807, 2.05) is 144 Å². The molecule has 0 aliphatic carbocycles. The lowest BCUT2D eigenvalue weighted by Gasteiger charge is -2.26. The normalized spacial score (nSPS) is 12.5. The summed E-state index contributed by atoms with van der Waals surface area (Å²) in [6, 6.07) is 64.0. The predicted octanol–water partition coefficient (Wildman–Crippen LogP) is 15.2. The van der Waals surface area contributed by atoms with Crippen LogP contribution < -0.4 is 4.90 Å². The summed E-state index contributed by atoms with van der Waals surface area (Å²) < 4.78 is 47.3. The summed E-state index contributed by atoms with van der Waals surface area (Å²) in [5.41, 5.74) is 10.8. The van der Waals surface area contributed by atoms with Gasteiger partial charge in [0.05, 0.1) is 22.2 Å². The van der Waals surface area contributed by atoms with Gasteiger partial charge in [-0.25, -0.2) is 0 Å². The number of fused-ring (bicyclic) bond motifs is 6. The Kier molecular flexibility index (Phi) is 6.86. The molecule has 0 amide bonds. The Balaban J connectivity index is 1.08. The first kappa shape index (κ1) is 28.8. The van der Waals surface area contributed by atoms with Gasteiger partial charge in [0, 0.05) is 49.7 Å². The lowest BCUT2D eigenvalue weighted by atomic mass is 10.0. The molecule has 0 aliphatic rings. The van der Waals surface area contributed by atoms with Crippen LogP contribution in [0.25, 0.3) is 82.8 Å². The second-order valence-corrected chi connectivity index (χ2v) is 14.2. The minimum Gasteiger partial charge on any atom is -0.455 e. The Morgan fingerprint density at radius 3 is 1.60 bits per heavy atom. The molecular formula is C54H36N2O. The highest BCUT2D eigenvalue weighted by Gasteiger charge is 2.18. The molecule has 9 aromatic carbocycles. The van der Waals surface area contributed by atoms with E-state index in [1.54, 1.807) is 0 Å². The number of rotatable bonds is 7. The molecule has 3 nitrogen and oxygen atoms in total. The number of hydrogen-bond donors (Lipinski definition) is 0. The highest BCUT2D eigenvalue weighted by Crippen LogP contribution is 2.41. The minimum atomic E-state index is -0.142. The largest absolute Gasteiger partial charge is 0.455 e. The SMILES string of the molecule is [2H]c1c([2H])c(N(c2ccc(-c3ccccc3)cc2)c2ccc(-c3cccc4c3oc3ccccc34)cc2)c([2H])c([2H])c1-c1ccccc1-n1c2ccccc2c2ccccc21. The van der Waals surface area contributed by atoms with Crippen LogP contribution in [0.5, 0.6) is 0 Å². The molecule has 0 radical (unpaired) electrons. The molecule has 2 aromatic heterocycles. The first-order chi connectivity index (χ1) is 30.0. The molecule has 11 aromatic rings. The predicted molar refractivity (Wildman–Crippen MR) is 239 cm³/mol. The lowest BCUT2D eigenvalue weighted by molar-refractivity contribution is 0.670. The smallest absolute Gasteiger partial charge is 0.143 e. The maximum absolute atomic E-state index is 9.70. The molecule has 0 atom stereocenters. The molecule has 0 aliphatic heterocycles. The summed E-state index contributed by atoms with van der Waals surface area (Å²) in [4.78, 5) is 1.84. The molecule has 0 bridgehead atoms. The molecule has 0 saturated heterocycles. The zero-order valence-corrected chi connectivity index (χ0v) is 30.8. The van der Waals surface area contributed by atoms with E-state index < -0.39 is 0 Å². The number of para-hydroxylation sites is 5. The standard InChI is InChI=1S/C54H36N2O/c1-2-13-37(14-3-1)38-25-31-41(32-26-38)55(43-35-29-40(30-36-43)45-19-12-20-49-48-18-7-11-24-53(48)57-54(45)49)42-33-27-39(28-34-42)44-15-4-8-21-50(44)56-51-22-9-5-16-46(51)47-17-6-10-23-52(47)56/h1-36H/i27D,28D,33D,34D. The Morgan fingerprint density at radius 2 is 0.895 bits per heavy atom. The van der Waals surface area contributed by atoms with Crippen LogP contribution in [0.2, 0.25) is 0 Å². The molecule has 268 valence electrons. The second kappa shape index (κ2) is 13.6. The van der Waals surface area contributed by atoms with Crippen LogP contribution in [-0.4, -0.2) is 4.57 Å². The van der Waals surface area contributed by atoms with Crippen molar-refractivity contribution in [2.75, 3.05) is 4.90 Å². The minimum absolute atomic E-state index is 0.122. The number of benzene rings is 9. The third-order valence-corrected chi connectivity index (χ3v) is 10.9. The van der Waals surface area contributed by atoms with Crippen molar-refractivity contribution in [2.45, 2.75) is 0 Å². The summed E-state index contributed by atoms with van der Waals surface area (Å²) in [6.45, 7) is 0. The van der Waals surface area contributed by atoms with Gasteiger partial charge in [0.1, 0.15) is 11.2 Å². The van der Waals surface area contributed by atoms with Gasteiger partial charge >= 0.3 is 0 Å². The first-order valence-corrected chi connectivity index (χ1v) is 19.1. The fourth-order valence-electron chi connectivity index (χ4n) is 8.22. The lowest BCUT2D eigenvalue weighted by Crippen LogP contribution is -2.09. The Labute approximate surface area is 336 Å². The van der Waals surface area contributed by atoms with Crippen molar-refractivity contribution in [1.29, 1.82) is 0 Å². The number of nitrogens with zero attached hydrogens (tertiary/aromatic N) is 2. The Morgan fingerprint density at radius 1 is 0.368 bits per heavy atom. The van der Waals surface area contributed by atoms with E-state index >= 15 is 0 Å². The number of hydrogen-bond acceptors (Lipinski definition) is 2. The maximum atomic E-state index is 9.70. The van der Waals surface area contributed by atoms with Crippen molar-refractivity contribution in [3.05, 3.63) is 218 Å². The van der Waals surface area contributed by atoms with Gasteiger partial charge in [-0.05, 0) is 82.9 Å². The van der Waals surface area contributed by atoms with Crippen molar-refractivity contribution < 1.29 is 9.90 Å². The van der Waals surface area contributed by atoms with Crippen LogP contribution in [-0.2, 0) is 0 Å². The van der Waals surface area contributed by atoms with E-state index in [0.717, 1.165) is 71.7 Å². The van der Waals surface area contributed by atoms with Crippen molar-refractivity contribution in [2.24, 2.45) is 0 Å². The summed E-state index contributed by atoms with van der Waals surface area (Å²) in [5.74, 6) is 0. The van der Waals surface area contributed by atoms with E-state index in [9.17, 15) is 5.48 Å². The third kappa shape index (κ3) is 5.60. The number of furan rings is 1. The summed E-state index contributed by atoms with van der Waals surface area (Å²) >= 11 is 0. The van der Waals surface area contributed by atoms with E-state index in [4.69, 9.17) is 4.42 Å². The molecule has 0 saturated carbocycles. The van der Waals surface area contributed by atoms with Crippen LogP contribution >= 0.6 is 0 Å². The zero-order chi connectivity index (χ0) is 41.2. The number of anilines is 3. The van der Waals surface area contributed by atoms with Crippen molar-refractivity contribution in [3.63, 3.8) is 0 Å². The molecule has 57 heavy (non-hydrogen) atoms. The van der Waals surface area contributed by atoms with Crippen LogP contribution in [0.4, 0.5) is 17.1 Å². The second-order valence-electron chi connectivity index (χ2n) is 14.2. The average Bonchev–Trinajstić information content (AvgIpc) is 3.87. The number of aromatic nitrogens is 1. The van der Waals surface area contributed by atoms with E-state index in [0.29, 0.717) is 16.9 Å². The van der Waals surface area contributed by atoms with Gasteiger partial charge in [0.15, 0.2) is 0 Å². The van der Waals surface area contributed by atoms with Crippen molar-refractivity contribution in [3.8, 4) is 39.1 Å². The Bertz CT molecular complexity index is 3380. The van der Waals surface area contributed by atoms with E-state index in [2.05, 4.69) is 59.2 Å². The molecule has 0 N–H and O–H groups in total. The van der Waals surface area contributed by atoms with E-state index in [-0.39, 0.29) is 35.4 Å². The molecule has 3 heteroatoms. The quantitative estimate of drug-likeness (QED) is 0.163. The summed E-state index contributed by atoms with van der Waals surface area (Å²) in [6.07, 6.45) is 0. The highest BCUT2D eigenvalue weighted by atomic mass is 16.3. The molecule has 2 heterocycles. The molecular weight excluding hydrogens is 693 g/mol. The molecule has 11 rings (SSSR count). The Hall–Kier alpha value is -7.62. The summed E-state index contributed by atoms with van der Waals surface area (Å²) in [5, 5.41) is 4.29. The zero-order valence-electron chi connectivity index (χ0n) is 34.8. The van der Waals surface area contributed by atoms with Gasteiger partial charge in [-0.1, -0.05) is 158 Å². The van der Waals surface area contributed by atoms with Gasteiger partial charge in [-0.15, -0.1) is 0 Å². The van der Waals surface area contributed by atoms with Crippen molar-refractivity contribution in [1.82, 2.24) is 4.57 Å². The molecule has 0 spiro atoms. The van der Waals surface area contributed by atoms with Gasteiger partial charge < -0.3 is 13.9 Å². The topological polar surface area (TPSA) is 21.3 Å². The van der Waals surface area contributed by atoms with Crippen LogP contribution in [0, 0.1) is 0 Å². The fraction of sp³-hybridized carbons (Fsp3) is 0. The van der Waals surface area contributed by atoms with Gasteiger partial charge in [0.2, 0.25) is 0 Å². The summed E-state index contributed by atoms with van der Waals surface area (Å²) in [7, 11) is 0. The third-order valence-electron chi connectivity index (χ3n) is 10.9. The van der Waals surface area contributed by atoms with Gasteiger partial charge in [-0.3, -0.25) is 0 Å². The fourth-order valence-corrected chi connectivity index (χ4v) is 8.22. The van der Waals surface area contributed by atoms with Crippen LogP contribution in [0.15, 0.2) is 223 Å². The highest BCUT2D eigenvalue weighted by molar-refractivity contribution is 6.10. The average molecular weight is 733 g/mol. The van der Waals surface area contributed by atoms with Crippen LogP contribution in [0.1, 0.15) is 5.48 Å². The van der Waals surface area contributed by atoms with Gasteiger partial charge in [0.25, 0.3) is 0 Å². The molecule has 0 fully saturated rings. The van der Waals surface area contributed by atoms with Gasteiger partial charge in [-0.2, -0.15) is 0 Å². The molecule has 0 unspecified atom stereocenters. The van der Waals surface area contributed by atoms with Crippen LogP contribution in [0.3, 0.4) is 0 Å². The first-order valence-electron chi connectivity index (χ1n) is 21.1. The van der Waals surface area contributed by atoms with Crippen molar-refractivity contribution >= 4 is 60.8 Å². The van der Waals surface area contributed by atoms with E-state index in [1.165, 1.54) is 0 Å². The monoisotopic (exact) mass is 732 g/mol.